The van der Waals surface area contributed by atoms with Crippen LogP contribution in [0, 0.1) is 5.92 Å². The zero-order valence-electron chi connectivity index (χ0n) is 12.3. The molecule has 0 radical (unpaired) electrons. The van der Waals surface area contributed by atoms with Crippen molar-refractivity contribution in [1.82, 2.24) is 25.6 Å². The summed E-state index contributed by atoms with van der Waals surface area (Å²) in [6.07, 6.45) is 3.76. The number of H-pyrrole nitrogens is 1. The molecule has 0 saturated carbocycles. The molecule has 0 aliphatic carbocycles. The molecule has 2 aromatic heterocycles. The lowest BCUT2D eigenvalue weighted by Crippen LogP contribution is -2.20. The van der Waals surface area contributed by atoms with Gasteiger partial charge in [-0.1, -0.05) is 18.3 Å². The second kappa shape index (κ2) is 6.39. The standard InChI is InChI=1S/C13H18N6O2S/c1-2-3-11-16-17-13(22-11)19-6-8(4-12(20)21)9(7-19)10-5-14-18-15-10/h5,8-9H,2-4,6-7H2,1H3,(H,20,21)(H,14,15,18)/t8-,9+/m1/s1. The second-order valence-corrected chi connectivity index (χ2v) is 6.53. The van der Waals surface area contributed by atoms with Crippen LogP contribution in [0.1, 0.15) is 36.4 Å². The molecule has 1 aliphatic rings. The molecule has 1 aliphatic heterocycles. The quantitative estimate of drug-likeness (QED) is 0.825. The zero-order valence-corrected chi connectivity index (χ0v) is 13.1. The summed E-state index contributed by atoms with van der Waals surface area (Å²) in [4.78, 5) is 13.2. The molecule has 118 valence electrons. The molecule has 1 saturated heterocycles. The number of aromatic amines is 1. The van der Waals surface area contributed by atoms with Crippen molar-refractivity contribution in [1.29, 1.82) is 0 Å². The van der Waals surface area contributed by atoms with Crippen molar-refractivity contribution >= 4 is 22.4 Å². The molecule has 2 aromatic rings. The van der Waals surface area contributed by atoms with Crippen molar-refractivity contribution in [3.8, 4) is 0 Å². The van der Waals surface area contributed by atoms with Crippen LogP contribution < -0.4 is 4.90 Å². The number of carboxylic acids is 1. The smallest absolute Gasteiger partial charge is 0.303 e. The van der Waals surface area contributed by atoms with E-state index in [1.54, 1.807) is 17.5 Å². The number of aryl methyl sites for hydroxylation is 1. The number of carbonyl (C=O) groups is 1. The number of nitrogens with zero attached hydrogens (tertiary/aromatic N) is 5. The third-order valence-electron chi connectivity index (χ3n) is 3.88. The first kappa shape index (κ1) is 14.9. The molecule has 3 rings (SSSR count). The van der Waals surface area contributed by atoms with E-state index >= 15 is 0 Å². The van der Waals surface area contributed by atoms with Gasteiger partial charge in [0.15, 0.2) is 0 Å². The van der Waals surface area contributed by atoms with Crippen LogP contribution in [0.3, 0.4) is 0 Å². The Hall–Kier alpha value is -2.03. The van der Waals surface area contributed by atoms with Gasteiger partial charge < -0.3 is 10.0 Å². The Morgan fingerprint density at radius 2 is 2.36 bits per heavy atom. The van der Waals surface area contributed by atoms with Crippen LogP contribution in [-0.2, 0) is 11.2 Å². The number of anilines is 1. The highest BCUT2D eigenvalue weighted by molar-refractivity contribution is 7.15. The highest BCUT2D eigenvalue weighted by Gasteiger charge is 2.37. The number of aromatic nitrogens is 5. The van der Waals surface area contributed by atoms with Crippen molar-refractivity contribution in [3.63, 3.8) is 0 Å². The SMILES string of the molecule is CCCc1nnc(N2C[C@@H](CC(=O)O)[C@@H](c3cn[nH]n3)C2)s1. The van der Waals surface area contributed by atoms with Gasteiger partial charge in [-0.05, 0) is 12.3 Å². The van der Waals surface area contributed by atoms with E-state index in [2.05, 4.69) is 37.4 Å². The molecule has 0 aromatic carbocycles. The predicted molar refractivity (Wildman–Crippen MR) is 81.0 cm³/mol. The number of hydrogen-bond donors (Lipinski definition) is 2. The maximum atomic E-state index is 11.1. The van der Waals surface area contributed by atoms with Gasteiger partial charge in [0.05, 0.1) is 18.3 Å². The lowest BCUT2D eigenvalue weighted by molar-refractivity contribution is -0.138. The molecule has 0 bridgehead atoms. The lowest BCUT2D eigenvalue weighted by Gasteiger charge is -2.12. The summed E-state index contributed by atoms with van der Waals surface area (Å²) in [6.45, 7) is 3.47. The first-order valence-corrected chi connectivity index (χ1v) is 8.13. The molecule has 9 heteroatoms. The number of carboxylic acid groups (broad SMARTS) is 1. The summed E-state index contributed by atoms with van der Waals surface area (Å²) < 4.78 is 0. The van der Waals surface area contributed by atoms with E-state index < -0.39 is 5.97 Å². The van der Waals surface area contributed by atoms with Crippen molar-refractivity contribution in [3.05, 3.63) is 16.9 Å². The minimum atomic E-state index is -0.788. The Kier molecular flexibility index (Phi) is 4.32. The molecule has 0 spiro atoms. The largest absolute Gasteiger partial charge is 0.481 e. The Bertz CT molecular complexity index is 628. The third kappa shape index (κ3) is 3.08. The monoisotopic (exact) mass is 322 g/mol. The summed E-state index contributed by atoms with van der Waals surface area (Å²) in [5.41, 5.74) is 0.812. The van der Waals surface area contributed by atoms with Gasteiger partial charge in [-0.25, -0.2) is 0 Å². The van der Waals surface area contributed by atoms with E-state index in [1.807, 2.05) is 0 Å². The molecule has 3 heterocycles. The maximum Gasteiger partial charge on any atom is 0.303 e. The van der Waals surface area contributed by atoms with Gasteiger partial charge in [0.2, 0.25) is 5.13 Å². The molecular formula is C13H18N6O2S. The Labute approximate surface area is 131 Å². The number of nitrogens with one attached hydrogen (secondary N) is 1. The Morgan fingerprint density at radius 1 is 1.50 bits per heavy atom. The first-order valence-electron chi connectivity index (χ1n) is 7.32. The van der Waals surface area contributed by atoms with Gasteiger partial charge in [0, 0.05) is 25.4 Å². The number of aliphatic carboxylic acids is 1. The van der Waals surface area contributed by atoms with Crippen LogP contribution in [0.25, 0.3) is 0 Å². The van der Waals surface area contributed by atoms with Crippen LogP contribution in [0.2, 0.25) is 0 Å². The van der Waals surface area contributed by atoms with Crippen LogP contribution in [0.15, 0.2) is 6.20 Å². The number of rotatable bonds is 6. The van der Waals surface area contributed by atoms with Crippen molar-refractivity contribution < 1.29 is 9.90 Å². The third-order valence-corrected chi connectivity index (χ3v) is 4.93. The summed E-state index contributed by atoms with van der Waals surface area (Å²) in [6, 6.07) is 0. The molecule has 0 unspecified atom stereocenters. The van der Waals surface area contributed by atoms with Crippen molar-refractivity contribution in [2.24, 2.45) is 5.92 Å². The molecule has 8 nitrogen and oxygen atoms in total. The molecule has 22 heavy (non-hydrogen) atoms. The fraction of sp³-hybridized carbons (Fsp3) is 0.615. The van der Waals surface area contributed by atoms with Crippen LogP contribution in [0.4, 0.5) is 5.13 Å². The average Bonchev–Trinajstić information content (AvgIpc) is 3.16. The predicted octanol–water partition coefficient (Wildman–Crippen LogP) is 1.30. The summed E-state index contributed by atoms with van der Waals surface area (Å²) >= 11 is 1.59. The molecule has 2 atom stereocenters. The van der Waals surface area contributed by atoms with Gasteiger partial charge in [-0.2, -0.15) is 15.4 Å². The van der Waals surface area contributed by atoms with E-state index in [0.29, 0.717) is 13.1 Å². The fourth-order valence-electron chi connectivity index (χ4n) is 2.87. The topological polar surface area (TPSA) is 108 Å². The highest BCUT2D eigenvalue weighted by atomic mass is 32.1. The van der Waals surface area contributed by atoms with Gasteiger partial charge in [0.1, 0.15) is 5.01 Å². The van der Waals surface area contributed by atoms with E-state index in [4.69, 9.17) is 5.11 Å². The summed E-state index contributed by atoms with van der Waals surface area (Å²) in [5.74, 6) is -0.737. The van der Waals surface area contributed by atoms with E-state index in [9.17, 15) is 4.79 Å². The molecular weight excluding hydrogens is 304 g/mol. The maximum absolute atomic E-state index is 11.1. The highest BCUT2D eigenvalue weighted by Crippen LogP contribution is 2.37. The molecule has 1 fully saturated rings. The van der Waals surface area contributed by atoms with Crippen LogP contribution in [0.5, 0.6) is 0 Å². The fourth-order valence-corrected chi connectivity index (χ4v) is 3.83. The average molecular weight is 322 g/mol. The molecule has 2 N–H and O–H groups in total. The van der Waals surface area contributed by atoms with Gasteiger partial charge in [0.25, 0.3) is 0 Å². The lowest BCUT2D eigenvalue weighted by atomic mass is 9.91. The minimum Gasteiger partial charge on any atom is -0.481 e. The van der Waals surface area contributed by atoms with Gasteiger partial charge >= 0.3 is 5.97 Å². The normalized spacial score (nSPS) is 21.4. The summed E-state index contributed by atoms with van der Waals surface area (Å²) in [7, 11) is 0. The Morgan fingerprint density at radius 3 is 3.05 bits per heavy atom. The molecule has 0 amide bonds. The Balaban J connectivity index is 1.78. The van der Waals surface area contributed by atoms with E-state index in [1.165, 1.54) is 0 Å². The van der Waals surface area contributed by atoms with E-state index in [-0.39, 0.29) is 18.3 Å². The minimum absolute atomic E-state index is 0.00104. The number of hydrogen-bond acceptors (Lipinski definition) is 7. The van der Waals surface area contributed by atoms with Crippen LogP contribution >= 0.6 is 11.3 Å². The van der Waals surface area contributed by atoms with Crippen molar-refractivity contribution in [2.45, 2.75) is 32.1 Å². The van der Waals surface area contributed by atoms with Gasteiger partial charge in [-0.15, -0.1) is 10.2 Å². The van der Waals surface area contributed by atoms with Gasteiger partial charge in [-0.3, -0.25) is 4.79 Å². The van der Waals surface area contributed by atoms with Crippen molar-refractivity contribution in [2.75, 3.05) is 18.0 Å². The first-order chi connectivity index (χ1) is 10.7. The van der Waals surface area contributed by atoms with E-state index in [0.717, 1.165) is 28.7 Å². The second-order valence-electron chi connectivity index (χ2n) is 5.49. The summed E-state index contributed by atoms with van der Waals surface area (Å²) in [5, 5.41) is 30.0. The zero-order chi connectivity index (χ0) is 15.5. The van der Waals surface area contributed by atoms with Crippen LogP contribution in [-0.4, -0.2) is 49.8 Å².